The van der Waals surface area contributed by atoms with Gasteiger partial charge in [0.1, 0.15) is 0 Å². The average Bonchev–Trinajstić information content (AvgIpc) is 2.94. The van der Waals surface area contributed by atoms with Gasteiger partial charge >= 0.3 is 0 Å². The van der Waals surface area contributed by atoms with Crippen LogP contribution in [0.2, 0.25) is 0 Å². The highest BCUT2D eigenvalue weighted by Crippen LogP contribution is 2.38. The summed E-state index contributed by atoms with van der Waals surface area (Å²) in [6.45, 7) is 7.25. The monoisotopic (exact) mass is 269 g/mol. The normalized spacial score (nSPS) is 24.0. The Morgan fingerprint density at radius 2 is 2.28 bits per heavy atom. The van der Waals surface area contributed by atoms with E-state index in [1.54, 1.807) is 0 Å². The summed E-state index contributed by atoms with van der Waals surface area (Å²) >= 11 is 2.04. The molecule has 18 heavy (non-hydrogen) atoms. The van der Waals surface area contributed by atoms with E-state index in [1.807, 2.05) is 11.8 Å². The number of nitrogens with one attached hydrogen (secondary N) is 1. The van der Waals surface area contributed by atoms with Crippen LogP contribution in [0.1, 0.15) is 51.9 Å². The number of thioether (sulfide) groups is 1. The lowest BCUT2D eigenvalue weighted by Gasteiger charge is -2.20. The molecule has 1 aromatic rings. The van der Waals surface area contributed by atoms with Crippen LogP contribution in [-0.4, -0.2) is 37.3 Å². The zero-order valence-corrected chi connectivity index (χ0v) is 12.3. The van der Waals surface area contributed by atoms with Crippen LogP contribution in [0.15, 0.2) is 0 Å². The molecule has 0 amide bonds. The Morgan fingerprint density at radius 1 is 1.44 bits per heavy atom. The lowest BCUT2D eigenvalue weighted by atomic mass is 10.2. The van der Waals surface area contributed by atoms with Gasteiger partial charge in [0.2, 0.25) is 0 Å². The molecule has 1 aliphatic carbocycles. The maximum atomic E-state index is 4.21. The van der Waals surface area contributed by atoms with Gasteiger partial charge in [0.25, 0.3) is 0 Å². The summed E-state index contributed by atoms with van der Waals surface area (Å²) in [6, 6.07) is 0.938. The van der Waals surface area contributed by atoms with Crippen LogP contribution in [0, 0.1) is 0 Å². The van der Waals surface area contributed by atoms with Crippen molar-refractivity contribution in [2.24, 2.45) is 0 Å². The van der Waals surface area contributed by atoms with Crippen molar-refractivity contribution in [2.45, 2.75) is 63.9 Å². The van der Waals surface area contributed by atoms with Gasteiger partial charge < -0.3 is 5.32 Å². The second kappa shape index (κ2) is 6.52. The highest BCUT2D eigenvalue weighted by Gasteiger charge is 2.31. The topological polar surface area (TPSA) is 55.6 Å². The van der Waals surface area contributed by atoms with E-state index in [2.05, 4.69) is 46.3 Å². The maximum Gasteiger partial charge on any atom is 0.165 e. The van der Waals surface area contributed by atoms with Crippen molar-refractivity contribution in [3.8, 4) is 0 Å². The van der Waals surface area contributed by atoms with Crippen molar-refractivity contribution in [1.29, 1.82) is 0 Å². The van der Waals surface area contributed by atoms with Crippen LogP contribution >= 0.6 is 11.8 Å². The standard InChI is InChI=1S/C12H23N5S/c1-4-18-11-7-5-6-10(11)17-12(14-15-16-17)8-13-9(2)3/h9-11,13H,4-8H2,1-3H3. The minimum absolute atomic E-state index is 0.458. The highest BCUT2D eigenvalue weighted by atomic mass is 32.2. The average molecular weight is 269 g/mol. The third kappa shape index (κ3) is 3.23. The van der Waals surface area contributed by atoms with Crippen molar-refractivity contribution in [2.75, 3.05) is 5.75 Å². The molecule has 1 saturated carbocycles. The molecule has 1 aliphatic rings. The summed E-state index contributed by atoms with van der Waals surface area (Å²) < 4.78 is 2.05. The predicted octanol–water partition coefficient (Wildman–Crippen LogP) is 2.02. The molecule has 1 N–H and O–H groups in total. The number of tetrazole rings is 1. The van der Waals surface area contributed by atoms with Gasteiger partial charge in [-0.05, 0) is 29.0 Å². The Morgan fingerprint density at radius 3 is 3.00 bits per heavy atom. The minimum Gasteiger partial charge on any atom is -0.308 e. The minimum atomic E-state index is 0.458. The third-order valence-corrected chi connectivity index (χ3v) is 4.65. The van der Waals surface area contributed by atoms with Gasteiger partial charge in [-0.1, -0.05) is 27.2 Å². The van der Waals surface area contributed by atoms with Crippen molar-refractivity contribution in [1.82, 2.24) is 25.5 Å². The smallest absolute Gasteiger partial charge is 0.165 e. The van der Waals surface area contributed by atoms with Gasteiger partial charge in [-0.3, -0.25) is 0 Å². The Bertz CT molecular complexity index is 365. The van der Waals surface area contributed by atoms with Gasteiger partial charge in [0.15, 0.2) is 5.82 Å². The summed E-state index contributed by atoms with van der Waals surface area (Å²) in [4.78, 5) is 0. The molecule has 0 spiro atoms. The molecule has 102 valence electrons. The van der Waals surface area contributed by atoms with E-state index in [-0.39, 0.29) is 0 Å². The Labute approximate surface area is 113 Å². The summed E-state index contributed by atoms with van der Waals surface area (Å²) in [6.07, 6.45) is 3.79. The second-order valence-corrected chi connectivity index (χ2v) is 6.58. The molecular weight excluding hydrogens is 246 g/mol. The second-order valence-electron chi connectivity index (χ2n) is 5.07. The predicted molar refractivity (Wildman–Crippen MR) is 74.6 cm³/mol. The van der Waals surface area contributed by atoms with E-state index in [9.17, 15) is 0 Å². The molecular formula is C12H23N5S. The molecule has 1 heterocycles. The molecule has 0 saturated heterocycles. The van der Waals surface area contributed by atoms with E-state index in [0.717, 1.165) is 12.4 Å². The number of aromatic nitrogens is 4. The molecule has 1 aromatic heterocycles. The van der Waals surface area contributed by atoms with Crippen LogP contribution < -0.4 is 5.32 Å². The van der Waals surface area contributed by atoms with Crippen molar-refractivity contribution < 1.29 is 0 Å². The van der Waals surface area contributed by atoms with E-state index in [4.69, 9.17) is 0 Å². The summed E-state index contributed by atoms with van der Waals surface area (Å²) in [5.41, 5.74) is 0. The summed E-state index contributed by atoms with van der Waals surface area (Å²) in [5, 5.41) is 16.3. The fourth-order valence-electron chi connectivity index (χ4n) is 2.48. The Balaban J connectivity index is 2.05. The first kappa shape index (κ1) is 13.8. The fourth-order valence-corrected chi connectivity index (χ4v) is 3.71. The lowest BCUT2D eigenvalue weighted by Crippen LogP contribution is -2.27. The first-order valence-electron chi connectivity index (χ1n) is 6.84. The van der Waals surface area contributed by atoms with E-state index in [1.165, 1.54) is 25.0 Å². The van der Waals surface area contributed by atoms with Crippen molar-refractivity contribution >= 4 is 11.8 Å². The third-order valence-electron chi connectivity index (χ3n) is 3.34. The fraction of sp³-hybridized carbons (Fsp3) is 0.917. The van der Waals surface area contributed by atoms with Crippen LogP contribution in [0.3, 0.4) is 0 Å². The number of hydrogen-bond acceptors (Lipinski definition) is 5. The SMILES string of the molecule is CCSC1CCCC1n1nnnc1CNC(C)C. The molecule has 6 heteroatoms. The van der Waals surface area contributed by atoms with Crippen LogP contribution in [-0.2, 0) is 6.54 Å². The zero-order chi connectivity index (χ0) is 13.0. The molecule has 0 aromatic carbocycles. The van der Waals surface area contributed by atoms with E-state index >= 15 is 0 Å². The molecule has 2 rings (SSSR count). The number of hydrogen-bond donors (Lipinski definition) is 1. The quantitative estimate of drug-likeness (QED) is 0.856. The molecule has 0 radical (unpaired) electrons. The van der Waals surface area contributed by atoms with Crippen LogP contribution in [0.4, 0.5) is 0 Å². The summed E-state index contributed by atoms with van der Waals surface area (Å²) in [5.74, 6) is 2.14. The lowest BCUT2D eigenvalue weighted by molar-refractivity contribution is 0.432. The molecule has 0 bridgehead atoms. The Kier molecular flexibility index (Phi) is 5.00. The van der Waals surface area contributed by atoms with Gasteiger partial charge in [0.05, 0.1) is 12.6 Å². The first-order chi connectivity index (χ1) is 8.72. The van der Waals surface area contributed by atoms with Gasteiger partial charge in [0, 0.05) is 11.3 Å². The summed E-state index contributed by atoms with van der Waals surface area (Å²) in [7, 11) is 0. The zero-order valence-electron chi connectivity index (χ0n) is 11.5. The largest absolute Gasteiger partial charge is 0.308 e. The first-order valence-corrected chi connectivity index (χ1v) is 7.89. The molecule has 0 aliphatic heterocycles. The van der Waals surface area contributed by atoms with Gasteiger partial charge in [-0.15, -0.1) is 5.10 Å². The van der Waals surface area contributed by atoms with Crippen molar-refractivity contribution in [3.05, 3.63) is 5.82 Å². The van der Waals surface area contributed by atoms with Crippen LogP contribution in [0.5, 0.6) is 0 Å². The number of nitrogens with zero attached hydrogens (tertiary/aromatic N) is 4. The van der Waals surface area contributed by atoms with Crippen molar-refractivity contribution in [3.63, 3.8) is 0 Å². The van der Waals surface area contributed by atoms with Crippen LogP contribution in [0.25, 0.3) is 0 Å². The Hall–Kier alpha value is -0.620. The maximum absolute atomic E-state index is 4.21. The number of rotatable bonds is 6. The van der Waals surface area contributed by atoms with Gasteiger partial charge in [-0.2, -0.15) is 11.8 Å². The van der Waals surface area contributed by atoms with E-state index in [0.29, 0.717) is 17.3 Å². The molecule has 2 atom stereocenters. The molecule has 2 unspecified atom stereocenters. The van der Waals surface area contributed by atoms with E-state index < -0.39 is 0 Å². The van der Waals surface area contributed by atoms with Gasteiger partial charge in [-0.25, -0.2) is 4.68 Å². The molecule has 1 fully saturated rings. The highest BCUT2D eigenvalue weighted by molar-refractivity contribution is 7.99. The molecule has 5 nitrogen and oxygen atoms in total.